The van der Waals surface area contributed by atoms with Gasteiger partial charge in [0.2, 0.25) is 0 Å². The van der Waals surface area contributed by atoms with Gasteiger partial charge in [-0.15, -0.1) is 17.9 Å². The van der Waals surface area contributed by atoms with Gasteiger partial charge in [0.05, 0.1) is 5.69 Å². The first kappa shape index (κ1) is 9.16. The maximum Gasteiger partial charge on any atom is 0.0713 e. The van der Waals surface area contributed by atoms with Crippen LogP contribution in [0.25, 0.3) is 11.3 Å². The zero-order valence-corrected chi connectivity index (χ0v) is 8.63. The van der Waals surface area contributed by atoms with Crippen molar-refractivity contribution in [2.24, 2.45) is 0 Å². The first-order valence-electron chi connectivity index (χ1n) is 4.50. The topological polar surface area (TPSA) is 12.9 Å². The van der Waals surface area contributed by atoms with Gasteiger partial charge in [-0.2, -0.15) is 0 Å². The minimum atomic E-state index is 0.920. The Kier molecular flexibility index (Phi) is 2.75. The molecule has 0 amide bonds. The van der Waals surface area contributed by atoms with Gasteiger partial charge in [-0.1, -0.05) is 12.1 Å². The predicted octanol–water partition coefficient (Wildman–Crippen LogP) is 3.54. The molecule has 70 valence electrons. The van der Waals surface area contributed by atoms with E-state index in [0.717, 1.165) is 12.1 Å². The number of rotatable bonds is 3. The summed E-state index contributed by atoms with van der Waals surface area (Å²) in [5.74, 6) is 0. The van der Waals surface area contributed by atoms with Crippen LogP contribution in [0, 0.1) is 0 Å². The third kappa shape index (κ3) is 1.75. The number of hydrogen-bond donors (Lipinski definition) is 0. The second kappa shape index (κ2) is 4.20. The fourth-order valence-electron chi connectivity index (χ4n) is 1.38. The Bertz CT molecular complexity index is 417. The molecule has 0 atom stereocenters. The van der Waals surface area contributed by atoms with E-state index < -0.39 is 0 Å². The minimum Gasteiger partial charge on any atom is -0.256 e. The zero-order chi connectivity index (χ0) is 9.80. The van der Waals surface area contributed by atoms with Crippen molar-refractivity contribution >= 4 is 11.3 Å². The highest BCUT2D eigenvalue weighted by atomic mass is 32.1. The first-order valence-corrected chi connectivity index (χ1v) is 5.38. The molecule has 2 heterocycles. The summed E-state index contributed by atoms with van der Waals surface area (Å²) in [5.41, 5.74) is 2.28. The molecule has 0 aliphatic rings. The molecule has 0 bridgehead atoms. The number of thiophene rings is 1. The number of aromatic nitrogens is 1. The van der Waals surface area contributed by atoms with E-state index in [2.05, 4.69) is 23.0 Å². The fourth-order valence-corrected chi connectivity index (χ4v) is 2.26. The van der Waals surface area contributed by atoms with Crippen molar-refractivity contribution in [3.05, 3.63) is 53.4 Å². The van der Waals surface area contributed by atoms with Crippen LogP contribution < -0.4 is 0 Å². The second-order valence-electron chi connectivity index (χ2n) is 2.97. The largest absolute Gasteiger partial charge is 0.256 e. The SMILES string of the molecule is C=CCc1sccc1-c1ccccn1. The Morgan fingerprint density at radius 1 is 1.36 bits per heavy atom. The van der Waals surface area contributed by atoms with Gasteiger partial charge in [0.25, 0.3) is 0 Å². The van der Waals surface area contributed by atoms with Gasteiger partial charge < -0.3 is 0 Å². The van der Waals surface area contributed by atoms with E-state index in [9.17, 15) is 0 Å². The Morgan fingerprint density at radius 2 is 2.29 bits per heavy atom. The number of allylic oxidation sites excluding steroid dienone is 1. The number of hydrogen-bond acceptors (Lipinski definition) is 2. The van der Waals surface area contributed by atoms with Crippen molar-refractivity contribution in [3.63, 3.8) is 0 Å². The maximum absolute atomic E-state index is 4.34. The van der Waals surface area contributed by atoms with Gasteiger partial charge >= 0.3 is 0 Å². The van der Waals surface area contributed by atoms with Crippen LogP contribution in [0.2, 0.25) is 0 Å². The predicted molar refractivity (Wildman–Crippen MR) is 61.5 cm³/mol. The van der Waals surface area contributed by atoms with E-state index in [1.54, 1.807) is 11.3 Å². The highest BCUT2D eigenvalue weighted by molar-refractivity contribution is 7.10. The smallest absolute Gasteiger partial charge is 0.0713 e. The van der Waals surface area contributed by atoms with Gasteiger partial charge in [0, 0.05) is 23.1 Å². The summed E-state index contributed by atoms with van der Waals surface area (Å²) in [6.45, 7) is 3.76. The van der Waals surface area contributed by atoms with Crippen molar-refractivity contribution in [1.82, 2.24) is 4.98 Å². The maximum atomic E-state index is 4.34. The summed E-state index contributed by atoms with van der Waals surface area (Å²) in [6.07, 6.45) is 4.67. The molecule has 0 unspecified atom stereocenters. The van der Waals surface area contributed by atoms with Crippen LogP contribution in [-0.2, 0) is 6.42 Å². The Morgan fingerprint density at radius 3 is 3.00 bits per heavy atom. The van der Waals surface area contributed by atoms with Crippen molar-refractivity contribution in [3.8, 4) is 11.3 Å². The molecule has 0 aromatic carbocycles. The van der Waals surface area contributed by atoms with Crippen molar-refractivity contribution in [2.45, 2.75) is 6.42 Å². The van der Waals surface area contributed by atoms with Crippen LogP contribution in [0.4, 0.5) is 0 Å². The highest BCUT2D eigenvalue weighted by Gasteiger charge is 2.05. The van der Waals surface area contributed by atoms with Crippen LogP contribution in [0.3, 0.4) is 0 Å². The third-order valence-corrected chi connectivity index (χ3v) is 2.96. The molecular formula is C12H11NS. The minimum absolute atomic E-state index is 0.920. The van der Waals surface area contributed by atoms with E-state index in [4.69, 9.17) is 0 Å². The average Bonchev–Trinajstić information content (AvgIpc) is 2.68. The molecule has 0 N–H and O–H groups in total. The lowest BCUT2D eigenvalue weighted by Gasteiger charge is -1.99. The summed E-state index contributed by atoms with van der Waals surface area (Å²) in [5, 5.41) is 2.10. The molecule has 2 heteroatoms. The van der Waals surface area contributed by atoms with Gasteiger partial charge in [-0.25, -0.2) is 0 Å². The Hall–Kier alpha value is -1.41. The Labute approximate surface area is 87.8 Å². The third-order valence-electron chi connectivity index (χ3n) is 2.02. The molecule has 0 saturated carbocycles. The van der Waals surface area contributed by atoms with Gasteiger partial charge in [0.15, 0.2) is 0 Å². The van der Waals surface area contributed by atoms with Gasteiger partial charge in [0.1, 0.15) is 0 Å². The van der Waals surface area contributed by atoms with E-state index in [1.165, 1.54) is 10.4 Å². The summed E-state index contributed by atoms with van der Waals surface area (Å²) >= 11 is 1.76. The van der Waals surface area contributed by atoms with Crippen molar-refractivity contribution < 1.29 is 0 Å². The molecule has 2 aromatic heterocycles. The van der Waals surface area contributed by atoms with Crippen molar-refractivity contribution in [2.75, 3.05) is 0 Å². The molecule has 2 rings (SSSR count). The summed E-state index contributed by atoms with van der Waals surface area (Å²) in [6, 6.07) is 8.10. The van der Waals surface area contributed by atoms with Crippen LogP contribution >= 0.6 is 11.3 Å². The molecule has 0 aliphatic heterocycles. The lowest BCUT2D eigenvalue weighted by atomic mass is 10.1. The lowest BCUT2D eigenvalue weighted by Crippen LogP contribution is -1.83. The average molecular weight is 201 g/mol. The van der Waals surface area contributed by atoms with Crippen LogP contribution in [0.15, 0.2) is 48.5 Å². The van der Waals surface area contributed by atoms with Gasteiger partial charge in [-0.05, 0) is 23.6 Å². The number of nitrogens with zero attached hydrogens (tertiary/aromatic N) is 1. The first-order chi connectivity index (χ1) is 6.92. The monoisotopic (exact) mass is 201 g/mol. The van der Waals surface area contributed by atoms with Crippen LogP contribution in [0.5, 0.6) is 0 Å². The fraction of sp³-hybridized carbons (Fsp3) is 0.0833. The molecule has 0 radical (unpaired) electrons. The van der Waals surface area contributed by atoms with E-state index in [1.807, 2.05) is 30.5 Å². The molecule has 14 heavy (non-hydrogen) atoms. The second-order valence-corrected chi connectivity index (χ2v) is 3.97. The lowest BCUT2D eigenvalue weighted by molar-refractivity contribution is 1.29. The molecular weight excluding hydrogens is 190 g/mol. The molecule has 0 fully saturated rings. The Balaban J connectivity index is 2.41. The summed E-state index contributed by atoms with van der Waals surface area (Å²) < 4.78 is 0. The molecule has 2 aromatic rings. The molecule has 0 spiro atoms. The molecule has 0 aliphatic carbocycles. The van der Waals surface area contributed by atoms with Gasteiger partial charge in [-0.3, -0.25) is 4.98 Å². The summed E-state index contributed by atoms with van der Waals surface area (Å²) in [4.78, 5) is 5.67. The molecule has 0 saturated heterocycles. The van der Waals surface area contributed by atoms with E-state index >= 15 is 0 Å². The highest BCUT2D eigenvalue weighted by Crippen LogP contribution is 2.26. The normalized spacial score (nSPS) is 10.0. The summed E-state index contributed by atoms with van der Waals surface area (Å²) in [7, 11) is 0. The van der Waals surface area contributed by atoms with E-state index in [-0.39, 0.29) is 0 Å². The standard InChI is InChI=1S/C12H11NS/c1-2-5-12-10(7-9-14-12)11-6-3-4-8-13-11/h2-4,6-9H,1,5H2. The molecule has 1 nitrogen and oxygen atoms in total. The van der Waals surface area contributed by atoms with Crippen LogP contribution in [0.1, 0.15) is 4.88 Å². The number of pyridine rings is 1. The quantitative estimate of drug-likeness (QED) is 0.692. The zero-order valence-electron chi connectivity index (χ0n) is 7.81. The van der Waals surface area contributed by atoms with E-state index in [0.29, 0.717) is 0 Å². The van der Waals surface area contributed by atoms with Crippen LogP contribution in [-0.4, -0.2) is 4.98 Å². The van der Waals surface area contributed by atoms with Crippen molar-refractivity contribution in [1.29, 1.82) is 0 Å².